The van der Waals surface area contributed by atoms with Crippen molar-refractivity contribution in [2.45, 2.75) is 25.7 Å². The molecule has 0 aliphatic carbocycles. The first-order valence-corrected chi connectivity index (χ1v) is 8.19. The van der Waals surface area contributed by atoms with Crippen LogP contribution in [0.5, 0.6) is 0 Å². The molecule has 2 rings (SSSR count). The van der Waals surface area contributed by atoms with Crippen LogP contribution in [0.4, 0.5) is 0 Å². The molecule has 2 nitrogen and oxygen atoms in total. The molecule has 0 N–H and O–H groups in total. The third-order valence-electron chi connectivity index (χ3n) is 2.46. The topological polar surface area (TPSA) is 24.7 Å². The van der Waals surface area contributed by atoms with Gasteiger partial charge in [-0.1, -0.05) is 0 Å². The summed E-state index contributed by atoms with van der Waals surface area (Å²) in [7, 11) is 0.0265. The molecule has 12 heavy (non-hydrogen) atoms. The van der Waals surface area contributed by atoms with Crippen molar-refractivity contribution in [3.8, 4) is 0 Å². The van der Waals surface area contributed by atoms with Crippen molar-refractivity contribution < 1.29 is 0 Å². The lowest BCUT2D eigenvalue weighted by molar-refractivity contribution is 0.949. The highest BCUT2D eigenvalue weighted by molar-refractivity contribution is 7.58. The molecule has 0 aromatic heterocycles. The molecule has 0 atom stereocenters. The summed E-state index contributed by atoms with van der Waals surface area (Å²) in [5.74, 6) is 0. The Morgan fingerprint density at radius 1 is 0.583 bits per heavy atom. The van der Waals surface area contributed by atoms with Gasteiger partial charge in [-0.15, -0.1) is 0 Å². The Bertz CT molecular complexity index is 142. The first-order valence-electron chi connectivity index (χ1n) is 4.86. The number of hydrogen-bond donors (Lipinski definition) is 0. The average molecular weight is 202 g/mol. The normalized spacial score (nSPS) is 27.7. The summed E-state index contributed by atoms with van der Waals surface area (Å²) in [6.45, 7) is 0. The van der Waals surface area contributed by atoms with Crippen molar-refractivity contribution in [3.05, 3.63) is 0 Å². The van der Waals surface area contributed by atoms with Gasteiger partial charge in [0.05, 0.1) is 0 Å². The number of hydrogen-bond acceptors (Lipinski definition) is 2. The molecule has 2 fully saturated rings. The zero-order valence-corrected chi connectivity index (χ0v) is 9.23. The Morgan fingerprint density at radius 3 is 1.25 bits per heavy atom. The van der Waals surface area contributed by atoms with Crippen molar-refractivity contribution in [3.63, 3.8) is 0 Å². The van der Waals surface area contributed by atoms with E-state index in [4.69, 9.17) is 0 Å². The van der Waals surface area contributed by atoms with Crippen LogP contribution in [0.2, 0.25) is 0 Å². The highest BCUT2D eigenvalue weighted by Crippen LogP contribution is 2.51. The van der Waals surface area contributed by atoms with E-state index in [2.05, 4.69) is 9.77 Å². The van der Waals surface area contributed by atoms with Gasteiger partial charge in [0.1, 0.15) is 0 Å². The Kier molecular flexibility index (Phi) is 3.48. The zero-order chi connectivity index (χ0) is 8.23. The van der Waals surface area contributed by atoms with E-state index in [0.717, 1.165) is 0 Å². The van der Waals surface area contributed by atoms with Crippen molar-refractivity contribution in [2.75, 3.05) is 24.6 Å². The van der Waals surface area contributed by atoms with Crippen molar-refractivity contribution in [1.82, 2.24) is 0 Å². The van der Waals surface area contributed by atoms with Gasteiger partial charge in [0.15, 0.2) is 0 Å². The van der Waals surface area contributed by atoms with Crippen LogP contribution in [-0.2, 0) is 0 Å². The van der Waals surface area contributed by atoms with E-state index in [-0.39, 0.29) is 16.1 Å². The molecule has 2 aliphatic heterocycles. The Labute approximate surface area is 76.8 Å². The summed E-state index contributed by atoms with van der Waals surface area (Å²) >= 11 is 0. The van der Waals surface area contributed by atoms with E-state index in [1.54, 1.807) is 0 Å². The second kappa shape index (κ2) is 4.63. The van der Waals surface area contributed by atoms with Crippen LogP contribution >= 0.6 is 16.1 Å². The SMILES string of the molecule is C1CCP(N=NP2CCCC2)C1. The van der Waals surface area contributed by atoms with Crippen molar-refractivity contribution in [2.24, 2.45) is 9.77 Å². The zero-order valence-electron chi connectivity index (χ0n) is 7.45. The lowest BCUT2D eigenvalue weighted by Gasteiger charge is -2.02. The summed E-state index contributed by atoms with van der Waals surface area (Å²) < 4.78 is 0. The maximum absolute atomic E-state index is 4.52. The standard InChI is InChI=1S/C8H16N2P2/c1-2-6-11(5-1)9-10-12-7-3-4-8-12/h1-8H2. The number of rotatable bonds is 2. The van der Waals surface area contributed by atoms with Crippen LogP contribution in [0.1, 0.15) is 25.7 Å². The van der Waals surface area contributed by atoms with Crippen LogP contribution in [0.15, 0.2) is 9.77 Å². The molecule has 2 saturated heterocycles. The fourth-order valence-corrected chi connectivity index (χ4v) is 5.76. The van der Waals surface area contributed by atoms with E-state index < -0.39 is 0 Å². The molecule has 68 valence electrons. The van der Waals surface area contributed by atoms with Gasteiger partial charge in [-0.25, -0.2) is 0 Å². The van der Waals surface area contributed by atoms with Crippen molar-refractivity contribution >= 4 is 16.1 Å². The molecule has 2 heterocycles. The predicted molar refractivity (Wildman–Crippen MR) is 56.6 cm³/mol. The quantitative estimate of drug-likeness (QED) is 0.480. The van der Waals surface area contributed by atoms with E-state index in [1.807, 2.05) is 0 Å². The second-order valence-electron chi connectivity index (χ2n) is 3.50. The molecule has 2 aliphatic rings. The van der Waals surface area contributed by atoms with E-state index in [1.165, 1.54) is 50.3 Å². The van der Waals surface area contributed by atoms with Crippen molar-refractivity contribution in [1.29, 1.82) is 0 Å². The Morgan fingerprint density at radius 2 is 0.917 bits per heavy atom. The molecule has 0 radical (unpaired) electrons. The molecule has 0 unspecified atom stereocenters. The molecule has 0 bridgehead atoms. The van der Waals surface area contributed by atoms with E-state index in [0.29, 0.717) is 0 Å². The highest BCUT2D eigenvalue weighted by Gasteiger charge is 2.16. The first kappa shape index (κ1) is 9.03. The molecule has 4 heteroatoms. The van der Waals surface area contributed by atoms with Crippen LogP contribution in [0, 0.1) is 0 Å². The fourth-order valence-electron chi connectivity index (χ4n) is 1.69. The summed E-state index contributed by atoms with van der Waals surface area (Å²) in [6.07, 6.45) is 11.1. The molecule has 0 spiro atoms. The molecule has 0 aromatic carbocycles. The minimum atomic E-state index is 0.0133. The van der Waals surface area contributed by atoms with Crippen LogP contribution in [0.3, 0.4) is 0 Å². The molecule has 0 amide bonds. The van der Waals surface area contributed by atoms with Crippen LogP contribution in [0.25, 0.3) is 0 Å². The van der Waals surface area contributed by atoms with Gasteiger partial charge in [-0.2, -0.15) is 9.77 Å². The summed E-state index contributed by atoms with van der Waals surface area (Å²) in [6, 6.07) is 0. The smallest absolute Gasteiger partial charge is 0.0404 e. The van der Waals surface area contributed by atoms with Gasteiger partial charge < -0.3 is 0 Å². The maximum Gasteiger partial charge on any atom is 0.0404 e. The van der Waals surface area contributed by atoms with Gasteiger partial charge in [0, 0.05) is 16.1 Å². The molecular weight excluding hydrogens is 186 g/mol. The lowest BCUT2D eigenvalue weighted by Crippen LogP contribution is -1.71. The third-order valence-corrected chi connectivity index (χ3v) is 6.61. The molecule has 0 aromatic rings. The third kappa shape index (κ3) is 2.47. The van der Waals surface area contributed by atoms with Gasteiger partial charge in [-0.3, -0.25) is 0 Å². The summed E-state index contributed by atoms with van der Waals surface area (Å²) in [4.78, 5) is 9.05. The second-order valence-corrected chi connectivity index (χ2v) is 7.67. The predicted octanol–water partition coefficient (Wildman–Crippen LogP) is 3.82. The lowest BCUT2D eigenvalue weighted by atomic mass is 10.4. The minimum Gasteiger partial charge on any atom is -0.167 e. The Balaban J connectivity index is 1.75. The van der Waals surface area contributed by atoms with Crippen LogP contribution < -0.4 is 0 Å². The minimum absolute atomic E-state index is 0.0133. The fraction of sp³-hybridized carbons (Fsp3) is 1.00. The van der Waals surface area contributed by atoms with Gasteiger partial charge in [0.2, 0.25) is 0 Å². The van der Waals surface area contributed by atoms with Crippen LogP contribution in [-0.4, -0.2) is 24.6 Å². The molecular formula is C8H16N2P2. The first-order chi connectivity index (χ1) is 5.95. The largest absolute Gasteiger partial charge is 0.167 e. The van der Waals surface area contributed by atoms with Gasteiger partial charge >= 0.3 is 0 Å². The maximum atomic E-state index is 4.52. The number of nitrogens with zero attached hydrogens (tertiary/aromatic N) is 2. The van der Waals surface area contributed by atoms with Gasteiger partial charge in [-0.05, 0) is 50.3 Å². The highest BCUT2D eigenvalue weighted by atomic mass is 31.1. The van der Waals surface area contributed by atoms with Gasteiger partial charge in [0.25, 0.3) is 0 Å². The summed E-state index contributed by atoms with van der Waals surface area (Å²) in [5, 5.41) is 0. The average Bonchev–Trinajstić information content (AvgIpc) is 2.74. The van der Waals surface area contributed by atoms with E-state index >= 15 is 0 Å². The monoisotopic (exact) mass is 202 g/mol. The Hall–Kier alpha value is 0.460. The molecule has 0 saturated carbocycles. The summed E-state index contributed by atoms with van der Waals surface area (Å²) in [5.41, 5.74) is 0. The van der Waals surface area contributed by atoms with E-state index in [9.17, 15) is 0 Å².